The van der Waals surface area contributed by atoms with Gasteiger partial charge in [-0.3, -0.25) is 4.79 Å². The van der Waals surface area contributed by atoms with E-state index in [1.54, 1.807) is 30.3 Å². The van der Waals surface area contributed by atoms with Crippen LogP contribution in [0.15, 0.2) is 42.5 Å². The summed E-state index contributed by atoms with van der Waals surface area (Å²) >= 11 is 0. The van der Waals surface area contributed by atoms with E-state index >= 15 is 0 Å². The lowest BCUT2D eigenvalue weighted by Crippen LogP contribution is -2.13. The molecule has 0 bridgehead atoms. The van der Waals surface area contributed by atoms with Gasteiger partial charge in [-0.15, -0.1) is 0 Å². The van der Waals surface area contributed by atoms with E-state index in [4.69, 9.17) is 10.5 Å². The third-order valence-corrected chi connectivity index (χ3v) is 2.37. The summed E-state index contributed by atoms with van der Waals surface area (Å²) in [6.07, 6.45) is 0. The van der Waals surface area contributed by atoms with Gasteiger partial charge < -0.3 is 5.32 Å². The van der Waals surface area contributed by atoms with Crippen molar-refractivity contribution in [3.63, 3.8) is 0 Å². The molecular weight excluding hydrogens is 240 g/mol. The predicted octanol–water partition coefficient (Wildman–Crippen LogP) is 2.08. The van der Waals surface area contributed by atoms with Crippen molar-refractivity contribution in [2.75, 3.05) is 5.32 Å². The molecule has 1 aromatic carbocycles. The summed E-state index contributed by atoms with van der Waals surface area (Å²) in [4.78, 5) is 15.8. The van der Waals surface area contributed by atoms with Crippen LogP contribution >= 0.6 is 0 Å². The number of rotatable bonds is 2. The van der Waals surface area contributed by atoms with Gasteiger partial charge >= 0.3 is 0 Å². The average molecular weight is 248 g/mol. The maximum Gasteiger partial charge on any atom is 0.274 e. The first-order chi connectivity index (χ1) is 9.22. The topological polar surface area (TPSA) is 89.6 Å². The number of carbonyl (C=O) groups excluding carboxylic acids is 1. The van der Waals surface area contributed by atoms with Crippen LogP contribution in [-0.4, -0.2) is 10.9 Å². The largest absolute Gasteiger partial charge is 0.321 e. The highest BCUT2D eigenvalue weighted by atomic mass is 16.1. The van der Waals surface area contributed by atoms with Gasteiger partial charge in [0.05, 0.1) is 11.6 Å². The molecule has 0 unspecified atom stereocenters. The Hall–Kier alpha value is -3.18. The zero-order valence-electron chi connectivity index (χ0n) is 9.79. The summed E-state index contributed by atoms with van der Waals surface area (Å²) in [6, 6.07) is 15.0. The summed E-state index contributed by atoms with van der Waals surface area (Å²) in [6.45, 7) is 0. The highest BCUT2D eigenvalue weighted by molar-refractivity contribution is 6.02. The molecule has 2 rings (SSSR count). The van der Waals surface area contributed by atoms with Crippen LogP contribution in [0.2, 0.25) is 0 Å². The number of benzene rings is 1. The van der Waals surface area contributed by atoms with Crippen molar-refractivity contribution in [3.05, 3.63) is 59.4 Å². The van der Waals surface area contributed by atoms with E-state index in [2.05, 4.69) is 10.3 Å². The van der Waals surface area contributed by atoms with Crippen molar-refractivity contribution < 1.29 is 4.79 Å². The monoisotopic (exact) mass is 248 g/mol. The summed E-state index contributed by atoms with van der Waals surface area (Å²) in [5.41, 5.74) is 1.44. The average Bonchev–Trinajstić information content (AvgIpc) is 2.48. The minimum absolute atomic E-state index is 0.170. The van der Waals surface area contributed by atoms with Crippen molar-refractivity contribution in [1.82, 2.24) is 4.98 Å². The number of pyridine rings is 1. The van der Waals surface area contributed by atoms with Crippen molar-refractivity contribution >= 4 is 11.6 Å². The SMILES string of the molecule is N#Cc1ccc(NC(=O)c2cccc(C#N)n2)cc1. The number of nitriles is 2. The van der Waals surface area contributed by atoms with Gasteiger partial charge in [0.1, 0.15) is 17.5 Å². The second-order valence-electron chi connectivity index (χ2n) is 3.66. The molecule has 0 radical (unpaired) electrons. The Labute approximate surface area is 109 Å². The smallest absolute Gasteiger partial charge is 0.274 e. The molecule has 0 aliphatic rings. The number of carbonyl (C=O) groups is 1. The zero-order chi connectivity index (χ0) is 13.7. The van der Waals surface area contributed by atoms with E-state index in [1.807, 2.05) is 12.1 Å². The van der Waals surface area contributed by atoms with E-state index < -0.39 is 5.91 Å². The van der Waals surface area contributed by atoms with Gasteiger partial charge in [0, 0.05) is 5.69 Å². The molecule has 0 aliphatic carbocycles. The standard InChI is InChI=1S/C14H8N4O/c15-8-10-4-6-11(7-5-10)18-14(19)13-3-1-2-12(9-16)17-13/h1-7H,(H,18,19). The Morgan fingerprint density at radius 3 is 2.42 bits per heavy atom. The predicted molar refractivity (Wildman–Crippen MR) is 68.1 cm³/mol. The van der Waals surface area contributed by atoms with Gasteiger partial charge in [0.25, 0.3) is 5.91 Å². The molecule has 0 atom stereocenters. The lowest BCUT2D eigenvalue weighted by atomic mass is 10.2. The summed E-state index contributed by atoms with van der Waals surface area (Å²) < 4.78 is 0. The number of anilines is 1. The molecule has 90 valence electrons. The highest BCUT2D eigenvalue weighted by Gasteiger charge is 2.08. The van der Waals surface area contributed by atoms with Gasteiger partial charge in [-0.05, 0) is 36.4 Å². The molecule has 5 heteroatoms. The van der Waals surface area contributed by atoms with E-state index in [0.717, 1.165) is 0 Å². The van der Waals surface area contributed by atoms with Crippen LogP contribution in [0.25, 0.3) is 0 Å². The Morgan fingerprint density at radius 2 is 1.79 bits per heavy atom. The number of aromatic nitrogens is 1. The van der Waals surface area contributed by atoms with E-state index in [1.165, 1.54) is 12.1 Å². The van der Waals surface area contributed by atoms with Crippen LogP contribution < -0.4 is 5.32 Å². The van der Waals surface area contributed by atoms with Crippen LogP contribution in [0, 0.1) is 22.7 Å². The van der Waals surface area contributed by atoms with Gasteiger partial charge in [-0.2, -0.15) is 10.5 Å². The number of nitrogens with zero attached hydrogens (tertiary/aromatic N) is 3. The Morgan fingerprint density at radius 1 is 1.05 bits per heavy atom. The number of hydrogen-bond acceptors (Lipinski definition) is 4. The van der Waals surface area contributed by atoms with Crippen LogP contribution in [0.5, 0.6) is 0 Å². The summed E-state index contributed by atoms with van der Waals surface area (Å²) in [7, 11) is 0. The molecule has 1 aromatic heterocycles. The molecule has 1 heterocycles. The van der Waals surface area contributed by atoms with E-state index in [-0.39, 0.29) is 11.4 Å². The van der Waals surface area contributed by atoms with Crippen LogP contribution in [0.1, 0.15) is 21.7 Å². The molecule has 0 fully saturated rings. The molecule has 2 aromatic rings. The minimum atomic E-state index is -0.401. The van der Waals surface area contributed by atoms with Crippen LogP contribution in [0.3, 0.4) is 0 Å². The second kappa shape index (κ2) is 5.44. The fourth-order valence-corrected chi connectivity index (χ4v) is 1.45. The van der Waals surface area contributed by atoms with Gasteiger partial charge in [0.15, 0.2) is 0 Å². The first-order valence-electron chi connectivity index (χ1n) is 5.41. The summed E-state index contributed by atoms with van der Waals surface area (Å²) in [5.74, 6) is -0.401. The molecule has 19 heavy (non-hydrogen) atoms. The molecule has 0 aliphatic heterocycles. The molecule has 1 N–H and O–H groups in total. The van der Waals surface area contributed by atoms with E-state index in [9.17, 15) is 4.79 Å². The number of amides is 1. The molecule has 0 spiro atoms. The lowest BCUT2D eigenvalue weighted by molar-refractivity contribution is 0.102. The van der Waals surface area contributed by atoms with E-state index in [0.29, 0.717) is 11.3 Å². The Balaban J connectivity index is 2.16. The molecule has 0 saturated heterocycles. The number of nitrogens with one attached hydrogen (secondary N) is 1. The summed E-state index contributed by atoms with van der Waals surface area (Å²) in [5, 5.41) is 20.0. The van der Waals surface area contributed by atoms with Crippen molar-refractivity contribution in [2.24, 2.45) is 0 Å². The molecule has 0 saturated carbocycles. The van der Waals surface area contributed by atoms with Crippen molar-refractivity contribution in [1.29, 1.82) is 10.5 Å². The minimum Gasteiger partial charge on any atom is -0.321 e. The maximum atomic E-state index is 11.9. The van der Waals surface area contributed by atoms with Crippen molar-refractivity contribution in [3.8, 4) is 12.1 Å². The maximum absolute atomic E-state index is 11.9. The fraction of sp³-hybridized carbons (Fsp3) is 0. The van der Waals surface area contributed by atoms with Crippen LogP contribution in [-0.2, 0) is 0 Å². The lowest BCUT2D eigenvalue weighted by Gasteiger charge is -2.04. The Kier molecular flexibility index (Phi) is 3.51. The van der Waals surface area contributed by atoms with Gasteiger partial charge in [-0.25, -0.2) is 4.98 Å². The molecule has 1 amide bonds. The second-order valence-corrected chi connectivity index (χ2v) is 3.66. The van der Waals surface area contributed by atoms with Gasteiger partial charge in [0.2, 0.25) is 0 Å². The van der Waals surface area contributed by atoms with Crippen LogP contribution in [0.4, 0.5) is 5.69 Å². The van der Waals surface area contributed by atoms with Crippen molar-refractivity contribution in [2.45, 2.75) is 0 Å². The fourth-order valence-electron chi connectivity index (χ4n) is 1.45. The van der Waals surface area contributed by atoms with Gasteiger partial charge in [-0.1, -0.05) is 6.07 Å². The normalized spacial score (nSPS) is 9.16. The first kappa shape index (κ1) is 12.3. The highest BCUT2D eigenvalue weighted by Crippen LogP contribution is 2.10. The zero-order valence-corrected chi connectivity index (χ0v) is 9.79. The molecule has 5 nitrogen and oxygen atoms in total. The Bertz CT molecular complexity index is 693. The number of hydrogen-bond donors (Lipinski definition) is 1. The first-order valence-corrected chi connectivity index (χ1v) is 5.41. The quantitative estimate of drug-likeness (QED) is 0.880. The molecular formula is C14H8N4O. The third-order valence-electron chi connectivity index (χ3n) is 2.37. The third kappa shape index (κ3) is 2.93.